The highest BCUT2D eigenvalue weighted by Crippen LogP contribution is 2.27. The molecule has 0 amide bonds. The maximum Gasteiger partial charge on any atom is 0.359 e. The van der Waals surface area contributed by atoms with E-state index in [1.165, 1.54) is 12.1 Å². The van der Waals surface area contributed by atoms with Crippen LogP contribution in [0.25, 0.3) is 16.6 Å². The van der Waals surface area contributed by atoms with Crippen LogP contribution in [0.1, 0.15) is 35.3 Å². The van der Waals surface area contributed by atoms with Gasteiger partial charge in [-0.25, -0.2) is 9.18 Å². The zero-order valence-electron chi connectivity index (χ0n) is 17.3. The molecular formula is C24H21FN4O3. The first-order valence-electron chi connectivity index (χ1n) is 10.4. The van der Waals surface area contributed by atoms with Crippen LogP contribution < -0.4 is 0 Å². The number of ketones is 1. The Morgan fingerprint density at radius 2 is 1.81 bits per heavy atom. The second kappa shape index (κ2) is 9.43. The van der Waals surface area contributed by atoms with E-state index >= 15 is 0 Å². The molecule has 1 saturated heterocycles. The third-order valence-electron chi connectivity index (χ3n) is 5.42. The molecule has 162 valence electrons. The van der Waals surface area contributed by atoms with Crippen LogP contribution in [0.15, 0.2) is 54.1 Å². The minimum absolute atomic E-state index is 0.0747. The summed E-state index contributed by atoms with van der Waals surface area (Å²) >= 11 is 0. The number of para-hydroxylation sites is 1. The molecule has 0 aliphatic carbocycles. The van der Waals surface area contributed by atoms with Gasteiger partial charge in [0.05, 0.1) is 11.2 Å². The molecular weight excluding hydrogens is 411 g/mol. The second-order valence-corrected chi connectivity index (χ2v) is 7.51. The molecule has 3 aromatic rings. The van der Waals surface area contributed by atoms with Gasteiger partial charge in [0.2, 0.25) is 5.78 Å². The third-order valence-corrected chi connectivity index (χ3v) is 5.42. The molecule has 8 heteroatoms. The van der Waals surface area contributed by atoms with E-state index in [0.29, 0.717) is 35.3 Å². The predicted octanol–water partition coefficient (Wildman–Crippen LogP) is 3.85. The van der Waals surface area contributed by atoms with Crippen molar-refractivity contribution in [3.8, 4) is 6.07 Å². The maximum absolute atomic E-state index is 13.5. The Hall–Kier alpha value is -3.99. The van der Waals surface area contributed by atoms with E-state index in [1.54, 1.807) is 36.4 Å². The molecule has 0 saturated carbocycles. The lowest BCUT2D eigenvalue weighted by Gasteiger charge is -2.32. The SMILES string of the molecule is N#C/C(C(=O)COC(=O)c1n[nH]c2ccccc12)=C(/c1ccc(F)cc1)N1CCCCC1. The molecule has 0 spiro atoms. The fourth-order valence-corrected chi connectivity index (χ4v) is 3.85. The van der Waals surface area contributed by atoms with E-state index in [2.05, 4.69) is 10.2 Å². The fraction of sp³-hybridized carbons (Fsp3) is 0.250. The molecule has 1 aliphatic heterocycles. The average molecular weight is 432 g/mol. The number of nitrogens with zero attached hydrogens (tertiary/aromatic N) is 3. The maximum atomic E-state index is 13.5. The number of carbonyl (C=O) groups is 2. The van der Waals surface area contributed by atoms with Gasteiger partial charge >= 0.3 is 5.97 Å². The Balaban J connectivity index is 1.59. The molecule has 2 aromatic carbocycles. The number of benzene rings is 2. The molecule has 4 rings (SSSR count). The minimum atomic E-state index is -0.755. The van der Waals surface area contributed by atoms with Gasteiger partial charge in [0.1, 0.15) is 17.5 Å². The number of H-pyrrole nitrogens is 1. The Labute approximate surface area is 184 Å². The van der Waals surface area contributed by atoms with Crippen molar-refractivity contribution in [2.24, 2.45) is 0 Å². The Morgan fingerprint density at radius 3 is 2.53 bits per heavy atom. The van der Waals surface area contributed by atoms with Crippen molar-refractivity contribution in [3.05, 3.63) is 71.2 Å². The van der Waals surface area contributed by atoms with Gasteiger partial charge in [-0.15, -0.1) is 0 Å². The molecule has 1 N–H and O–H groups in total. The summed E-state index contributed by atoms with van der Waals surface area (Å²) in [5.74, 6) is -1.78. The Bertz CT molecular complexity index is 1220. The van der Waals surface area contributed by atoms with Crippen LogP contribution in [0.4, 0.5) is 4.39 Å². The number of ether oxygens (including phenoxy) is 1. The first kappa shape index (κ1) is 21.2. The lowest BCUT2D eigenvalue weighted by molar-refractivity contribution is -0.118. The fourth-order valence-electron chi connectivity index (χ4n) is 3.85. The zero-order valence-corrected chi connectivity index (χ0v) is 17.3. The van der Waals surface area contributed by atoms with Gasteiger partial charge in [-0.1, -0.05) is 18.2 Å². The number of esters is 1. The summed E-state index contributed by atoms with van der Waals surface area (Å²) in [6, 6.07) is 14.7. The summed E-state index contributed by atoms with van der Waals surface area (Å²) in [5.41, 5.74) is 1.65. The lowest BCUT2D eigenvalue weighted by atomic mass is 10.00. The number of hydrogen-bond donors (Lipinski definition) is 1. The summed E-state index contributed by atoms with van der Waals surface area (Å²) in [6.45, 7) is 0.774. The molecule has 1 aromatic heterocycles. The molecule has 7 nitrogen and oxygen atoms in total. The van der Waals surface area contributed by atoms with E-state index in [0.717, 1.165) is 19.3 Å². The van der Waals surface area contributed by atoms with Crippen LogP contribution in [0.3, 0.4) is 0 Å². The molecule has 0 unspecified atom stereocenters. The number of nitrogens with one attached hydrogen (secondary N) is 1. The molecule has 0 bridgehead atoms. The largest absolute Gasteiger partial charge is 0.452 e. The number of rotatable bonds is 6. The van der Waals surface area contributed by atoms with Gasteiger partial charge in [-0.3, -0.25) is 9.89 Å². The number of aromatic amines is 1. The number of piperidine rings is 1. The lowest BCUT2D eigenvalue weighted by Crippen LogP contribution is -2.30. The van der Waals surface area contributed by atoms with E-state index in [1.807, 2.05) is 11.0 Å². The molecule has 0 atom stereocenters. The van der Waals surface area contributed by atoms with Crippen molar-refractivity contribution >= 4 is 28.4 Å². The minimum Gasteiger partial charge on any atom is -0.452 e. The van der Waals surface area contributed by atoms with Crippen LogP contribution in [0.2, 0.25) is 0 Å². The van der Waals surface area contributed by atoms with E-state index in [-0.39, 0.29) is 11.3 Å². The molecule has 1 fully saturated rings. The quantitative estimate of drug-likeness (QED) is 0.361. The highest BCUT2D eigenvalue weighted by Gasteiger charge is 2.25. The number of nitriles is 1. The number of hydrogen-bond acceptors (Lipinski definition) is 6. The zero-order chi connectivity index (χ0) is 22.5. The second-order valence-electron chi connectivity index (χ2n) is 7.51. The third kappa shape index (κ3) is 4.37. The van der Waals surface area contributed by atoms with Gasteiger partial charge in [0, 0.05) is 18.5 Å². The monoisotopic (exact) mass is 432 g/mol. The summed E-state index contributed by atoms with van der Waals surface area (Å²) < 4.78 is 18.7. The normalized spacial score (nSPS) is 14.6. The van der Waals surface area contributed by atoms with Crippen molar-refractivity contribution in [2.45, 2.75) is 19.3 Å². The van der Waals surface area contributed by atoms with Crippen LogP contribution in [-0.2, 0) is 9.53 Å². The standard InChI is InChI=1S/C24H21FN4O3/c25-17-10-8-16(9-11-17)23(29-12-4-1-5-13-29)19(14-26)21(30)15-32-24(31)22-18-6-2-3-7-20(18)27-28-22/h2-3,6-11H,1,4-5,12-13,15H2,(H,27,28)/b23-19+. The molecule has 0 radical (unpaired) electrons. The van der Waals surface area contributed by atoms with E-state index < -0.39 is 24.2 Å². The summed E-state index contributed by atoms with van der Waals surface area (Å²) in [4.78, 5) is 27.4. The highest BCUT2D eigenvalue weighted by molar-refractivity contribution is 6.08. The first-order valence-corrected chi connectivity index (χ1v) is 10.4. The van der Waals surface area contributed by atoms with Crippen molar-refractivity contribution in [3.63, 3.8) is 0 Å². The topological polar surface area (TPSA) is 99.1 Å². The van der Waals surface area contributed by atoms with Gasteiger partial charge < -0.3 is 9.64 Å². The smallest absolute Gasteiger partial charge is 0.359 e. The number of Topliss-reactive ketones (excluding diaryl/α,β-unsaturated/α-hetero) is 1. The van der Waals surface area contributed by atoms with Gasteiger partial charge in [0.25, 0.3) is 0 Å². The Morgan fingerprint density at radius 1 is 1.09 bits per heavy atom. The predicted molar refractivity (Wildman–Crippen MR) is 116 cm³/mol. The average Bonchev–Trinajstić information content (AvgIpc) is 3.26. The number of aromatic nitrogens is 2. The number of likely N-dealkylation sites (tertiary alicyclic amines) is 1. The van der Waals surface area contributed by atoms with Crippen LogP contribution >= 0.6 is 0 Å². The van der Waals surface area contributed by atoms with Gasteiger partial charge in [0.15, 0.2) is 12.3 Å². The van der Waals surface area contributed by atoms with Crippen LogP contribution in [0.5, 0.6) is 0 Å². The first-order chi connectivity index (χ1) is 15.6. The summed E-state index contributed by atoms with van der Waals surface area (Å²) in [5, 5.41) is 17.1. The number of halogens is 1. The van der Waals surface area contributed by atoms with E-state index in [4.69, 9.17) is 4.74 Å². The number of carbonyl (C=O) groups excluding carboxylic acids is 2. The van der Waals surface area contributed by atoms with Crippen molar-refractivity contribution < 1.29 is 18.7 Å². The number of fused-ring (bicyclic) bond motifs is 1. The van der Waals surface area contributed by atoms with Gasteiger partial charge in [-0.05, 0) is 55.2 Å². The van der Waals surface area contributed by atoms with E-state index in [9.17, 15) is 19.2 Å². The molecule has 2 heterocycles. The van der Waals surface area contributed by atoms with Crippen LogP contribution in [-0.4, -0.2) is 46.5 Å². The van der Waals surface area contributed by atoms with Crippen molar-refractivity contribution in [1.29, 1.82) is 5.26 Å². The van der Waals surface area contributed by atoms with Crippen molar-refractivity contribution in [2.75, 3.05) is 19.7 Å². The highest BCUT2D eigenvalue weighted by atomic mass is 19.1. The Kier molecular flexibility index (Phi) is 6.26. The molecule has 1 aliphatic rings. The summed E-state index contributed by atoms with van der Waals surface area (Å²) in [6.07, 6.45) is 2.93. The molecule has 32 heavy (non-hydrogen) atoms. The van der Waals surface area contributed by atoms with Gasteiger partial charge in [-0.2, -0.15) is 10.4 Å². The van der Waals surface area contributed by atoms with Crippen LogP contribution in [0, 0.1) is 17.1 Å². The van der Waals surface area contributed by atoms with Crippen molar-refractivity contribution in [1.82, 2.24) is 15.1 Å². The summed E-state index contributed by atoms with van der Waals surface area (Å²) in [7, 11) is 0.